The van der Waals surface area contributed by atoms with Crippen LogP contribution in [-0.2, 0) is 9.53 Å². The summed E-state index contributed by atoms with van der Waals surface area (Å²) in [6.07, 6.45) is 0. The van der Waals surface area contributed by atoms with Crippen molar-refractivity contribution in [3.8, 4) is 0 Å². The average Bonchev–Trinajstić information content (AvgIpc) is 2.65. The first-order chi connectivity index (χ1) is 13.3. The van der Waals surface area contributed by atoms with E-state index in [4.69, 9.17) is 4.74 Å². The average molecular weight is 390 g/mol. The molecule has 1 saturated heterocycles. The first kappa shape index (κ1) is 22.2. The van der Waals surface area contributed by atoms with E-state index in [0.717, 1.165) is 26.3 Å². The lowest BCUT2D eigenvalue weighted by atomic mass is 10.0. The fourth-order valence-electron chi connectivity index (χ4n) is 3.18. The third-order valence-corrected chi connectivity index (χ3v) is 4.57. The number of rotatable bonds is 6. The van der Waals surface area contributed by atoms with Gasteiger partial charge in [0.25, 0.3) is 0 Å². The number of hydrogen-bond acceptors (Lipinski definition) is 4. The number of carbonyl (C=O) groups excluding carboxylic acids is 1. The van der Waals surface area contributed by atoms with Crippen LogP contribution < -0.4 is 16.0 Å². The summed E-state index contributed by atoms with van der Waals surface area (Å²) in [6, 6.07) is 8.87. The van der Waals surface area contributed by atoms with Crippen molar-refractivity contribution in [2.24, 2.45) is 4.99 Å². The monoisotopic (exact) mass is 389 g/mol. The SMILES string of the molecule is CN=C(NCC(=O)NC(C)(C)C)NCC(c1ccc(C)cc1)N1CCOCC1. The van der Waals surface area contributed by atoms with Gasteiger partial charge in [-0.2, -0.15) is 0 Å². The van der Waals surface area contributed by atoms with Crippen molar-refractivity contribution in [1.82, 2.24) is 20.9 Å². The highest BCUT2D eigenvalue weighted by Crippen LogP contribution is 2.21. The first-order valence-corrected chi connectivity index (χ1v) is 9.92. The zero-order valence-electron chi connectivity index (χ0n) is 17.8. The Kier molecular flexibility index (Phi) is 8.26. The zero-order chi connectivity index (χ0) is 20.6. The minimum absolute atomic E-state index is 0.0567. The zero-order valence-corrected chi connectivity index (χ0v) is 17.8. The van der Waals surface area contributed by atoms with Crippen molar-refractivity contribution in [2.45, 2.75) is 39.3 Å². The summed E-state index contributed by atoms with van der Waals surface area (Å²) < 4.78 is 5.51. The topological polar surface area (TPSA) is 78.0 Å². The Morgan fingerprint density at radius 1 is 1.18 bits per heavy atom. The minimum Gasteiger partial charge on any atom is -0.379 e. The Balaban J connectivity index is 1.96. The van der Waals surface area contributed by atoms with E-state index in [1.54, 1.807) is 7.05 Å². The molecule has 1 aliphatic rings. The molecular formula is C21H35N5O2. The lowest BCUT2D eigenvalue weighted by Crippen LogP contribution is -2.50. The number of aliphatic imine (C=N–C) groups is 1. The molecule has 0 radical (unpaired) electrons. The van der Waals surface area contributed by atoms with Crippen LogP contribution in [0.1, 0.15) is 37.9 Å². The highest BCUT2D eigenvalue weighted by atomic mass is 16.5. The number of aryl methyl sites for hydroxylation is 1. The van der Waals surface area contributed by atoms with E-state index >= 15 is 0 Å². The normalized spacial score (nSPS) is 17.1. The van der Waals surface area contributed by atoms with Gasteiger partial charge in [0.2, 0.25) is 5.91 Å². The Labute approximate surface area is 168 Å². The van der Waals surface area contributed by atoms with E-state index < -0.39 is 0 Å². The van der Waals surface area contributed by atoms with Gasteiger partial charge in [0, 0.05) is 32.2 Å². The minimum atomic E-state index is -0.247. The largest absolute Gasteiger partial charge is 0.379 e. The molecule has 0 saturated carbocycles. The van der Waals surface area contributed by atoms with E-state index in [-0.39, 0.29) is 24.0 Å². The molecule has 3 N–H and O–H groups in total. The molecule has 7 heteroatoms. The predicted octanol–water partition coefficient (Wildman–Crippen LogP) is 1.45. The summed E-state index contributed by atoms with van der Waals surface area (Å²) in [7, 11) is 1.71. The van der Waals surface area contributed by atoms with E-state index in [1.165, 1.54) is 11.1 Å². The fourth-order valence-corrected chi connectivity index (χ4v) is 3.18. The molecule has 0 spiro atoms. The molecule has 1 aromatic rings. The van der Waals surface area contributed by atoms with Crippen LogP contribution >= 0.6 is 0 Å². The molecule has 0 bridgehead atoms. The number of morpholine rings is 1. The number of hydrogen-bond donors (Lipinski definition) is 3. The Morgan fingerprint density at radius 3 is 2.39 bits per heavy atom. The number of amides is 1. The molecule has 1 aromatic carbocycles. The Morgan fingerprint density at radius 2 is 1.82 bits per heavy atom. The number of carbonyl (C=O) groups is 1. The summed E-state index contributed by atoms with van der Waals surface area (Å²) in [6.45, 7) is 12.2. The van der Waals surface area contributed by atoms with Crippen molar-refractivity contribution in [3.05, 3.63) is 35.4 Å². The molecule has 1 aliphatic heterocycles. The summed E-state index contributed by atoms with van der Waals surface area (Å²) in [5.41, 5.74) is 2.27. The van der Waals surface area contributed by atoms with Gasteiger partial charge in [-0.1, -0.05) is 29.8 Å². The fraction of sp³-hybridized carbons (Fsp3) is 0.619. The van der Waals surface area contributed by atoms with Crippen molar-refractivity contribution in [1.29, 1.82) is 0 Å². The second-order valence-corrected chi connectivity index (χ2v) is 8.18. The maximum atomic E-state index is 12.0. The summed E-state index contributed by atoms with van der Waals surface area (Å²) in [5, 5.41) is 9.41. The van der Waals surface area contributed by atoms with Gasteiger partial charge in [-0.15, -0.1) is 0 Å². The van der Waals surface area contributed by atoms with Gasteiger partial charge in [0.05, 0.1) is 25.8 Å². The van der Waals surface area contributed by atoms with E-state index in [9.17, 15) is 4.79 Å². The third kappa shape index (κ3) is 7.48. The molecule has 0 aliphatic carbocycles. The van der Waals surface area contributed by atoms with E-state index in [0.29, 0.717) is 12.5 Å². The lowest BCUT2D eigenvalue weighted by molar-refractivity contribution is -0.121. The summed E-state index contributed by atoms with van der Waals surface area (Å²) in [5.74, 6) is 0.563. The Bertz CT molecular complexity index is 646. The number of nitrogens with one attached hydrogen (secondary N) is 3. The maximum absolute atomic E-state index is 12.0. The molecule has 1 fully saturated rings. The second-order valence-electron chi connectivity index (χ2n) is 8.18. The van der Waals surface area contributed by atoms with Gasteiger partial charge in [-0.25, -0.2) is 0 Å². The highest BCUT2D eigenvalue weighted by Gasteiger charge is 2.23. The molecule has 1 unspecified atom stereocenters. The number of benzene rings is 1. The molecule has 0 aromatic heterocycles. The van der Waals surface area contributed by atoms with Gasteiger partial charge >= 0.3 is 0 Å². The lowest BCUT2D eigenvalue weighted by Gasteiger charge is -2.35. The van der Waals surface area contributed by atoms with Gasteiger partial charge in [0.15, 0.2) is 5.96 Å². The van der Waals surface area contributed by atoms with Gasteiger partial charge < -0.3 is 20.7 Å². The van der Waals surface area contributed by atoms with E-state index in [2.05, 4.69) is 57.0 Å². The van der Waals surface area contributed by atoms with Crippen LogP contribution in [0.4, 0.5) is 0 Å². The van der Waals surface area contributed by atoms with Crippen LogP contribution in [0.5, 0.6) is 0 Å². The second kappa shape index (κ2) is 10.4. The van der Waals surface area contributed by atoms with Crippen LogP contribution in [0.3, 0.4) is 0 Å². The molecule has 1 heterocycles. The molecule has 1 atom stereocenters. The summed E-state index contributed by atoms with van der Waals surface area (Å²) in [4.78, 5) is 18.7. The van der Waals surface area contributed by atoms with Crippen LogP contribution in [0.25, 0.3) is 0 Å². The van der Waals surface area contributed by atoms with Crippen molar-refractivity contribution < 1.29 is 9.53 Å². The van der Waals surface area contributed by atoms with Crippen LogP contribution in [-0.4, -0.2) is 68.7 Å². The van der Waals surface area contributed by atoms with Crippen LogP contribution in [0.15, 0.2) is 29.3 Å². The highest BCUT2D eigenvalue weighted by molar-refractivity contribution is 5.86. The number of nitrogens with zero attached hydrogens (tertiary/aromatic N) is 2. The molecule has 2 rings (SSSR count). The number of ether oxygens (including phenoxy) is 1. The van der Waals surface area contributed by atoms with Crippen molar-refractivity contribution in [3.63, 3.8) is 0 Å². The van der Waals surface area contributed by atoms with Crippen molar-refractivity contribution >= 4 is 11.9 Å². The first-order valence-electron chi connectivity index (χ1n) is 9.92. The van der Waals surface area contributed by atoms with Crippen LogP contribution in [0.2, 0.25) is 0 Å². The number of guanidine groups is 1. The summed E-state index contributed by atoms with van der Waals surface area (Å²) >= 11 is 0. The standard InChI is InChI=1S/C21H35N5O2/c1-16-6-8-17(9-7-16)18(26-10-12-28-13-11-26)14-23-20(22-5)24-15-19(27)25-21(2,3)4/h6-9,18H,10-15H2,1-5H3,(H,25,27)(H2,22,23,24). The Hall–Kier alpha value is -2.12. The van der Waals surface area contributed by atoms with E-state index in [1.807, 2.05) is 20.8 Å². The third-order valence-electron chi connectivity index (χ3n) is 4.57. The molecule has 28 heavy (non-hydrogen) atoms. The maximum Gasteiger partial charge on any atom is 0.239 e. The van der Waals surface area contributed by atoms with Gasteiger partial charge in [-0.05, 0) is 33.3 Å². The predicted molar refractivity (Wildman–Crippen MR) is 114 cm³/mol. The van der Waals surface area contributed by atoms with Gasteiger partial charge in [-0.3, -0.25) is 14.7 Å². The molecule has 156 valence electrons. The molecular weight excluding hydrogens is 354 g/mol. The van der Waals surface area contributed by atoms with Gasteiger partial charge in [0.1, 0.15) is 0 Å². The quantitative estimate of drug-likeness (QED) is 0.507. The molecule has 7 nitrogen and oxygen atoms in total. The molecule has 1 amide bonds. The smallest absolute Gasteiger partial charge is 0.239 e. The van der Waals surface area contributed by atoms with Crippen LogP contribution in [0, 0.1) is 6.92 Å². The van der Waals surface area contributed by atoms with Crippen molar-refractivity contribution in [2.75, 3.05) is 46.4 Å².